The second kappa shape index (κ2) is 33.2. The van der Waals surface area contributed by atoms with Crippen LogP contribution < -0.4 is 59.4 Å². The molecule has 9 amide bonds. The molecule has 2 aliphatic heterocycles. The van der Waals surface area contributed by atoms with Gasteiger partial charge in [0.1, 0.15) is 11.9 Å². The topological polar surface area (TPSA) is 350 Å². The SMILES string of the molecule is NCC(=O)NCC(=O)NCC(=O)N[C@@H](CCCCNC(=O)c1ccc(/C=N/Nc2ccc(C(=O)NCCCOCCOCCOCCCNC(=O)CCCCC3SCC4NC(=O)NC43)cn2)cc1)C(N)=O. The molecule has 2 saturated heterocycles. The number of unbranched alkanes of at least 4 members (excludes halogenated alkanes) is 2. The smallest absolute Gasteiger partial charge is 0.315 e. The second-order valence-corrected chi connectivity index (χ2v) is 17.7. The Kier molecular flexibility index (Phi) is 26.8. The average molecular weight is 1010 g/mol. The van der Waals surface area contributed by atoms with Crippen molar-refractivity contribution in [2.24, 2.45) is 16.6 Å². The van der Waals surface area contributed by atoms with Crippen molar-refractivity contribution in [1.82, 2.24) is 47.5 Å². The molecule has 2 aromatic rings. The maximum atomic E-state index is 12.6. The molecule has 71 heavy (non-hydrogen) atoms. The molecule has 0 aliphatic carbocycles. The number of amides is 9. The Balaban J connectivity index is 0.932. The molecule has 2 fully saturated rings. The number of pyridine rings is 1. The summed E-state index contributed by atoms with van der Waals surface area (Å²) >= 11 is 1.89. The number of hydrazone groups is 1. The Hall–Kier alpha value is -6.41. The van der Waals surface area contributed by atoms with Gasteiger partial charge in [-0.05, 0) is 74.8 Å². The summed E-state index contributed by atoms with van der Waals surface area (Å²) in [7, 11) is 0. The number of nitrogens with two attached hydrogens (primary N) is 2. The first-order chi connectivity index (χ1) is 34.4. The molecule has 1 aromatic heterocycles. The molecule has 13 N–H and O–H groups in total. The van der Waals surface area contributed by atoms with E-state index >= 15 is 0 Å². The lowest BCUT2D eigenvalue weighted by atomic mass is 10.0. The van der Waals surface area contributed by atoms with Crippen molar-refractivity contribution in [3.63, 3.8) is 0 Å². The van der Waals surface area contributed by atoms with Gasteiger partial charge in [0.2, 0.25) is 29.5 Å². The van der Waals surface area contributed by atoms with Crippen LogP contribution in [0.3, 0.4) is 0 Å². The number of ether oxygens (including phenoxy) is 3. The van der Waals surface area contributed by atoms with Gasteiger partial charge in [-0.15, -0.1) is 0 Å². The number of carbonyl (C=O) groups is 8. The van der Waals surface area contributed by atoms with Crippen molar-refractivity contribution in [2.45, 2.75) is 81.2 Å². The van der Waals surface area contributed by atoms with E-state index in [0.717, 1.165) is 31.4 Å². The van der Waals surface area contributed by atoms with Crippen molar-refractivity contribution in [2.75, 3.05) is 90.1 Å². The van der Waals surface area contributed by atoms with Gasteiger partial charge < -0.3 is 68.2 Å². The summed E-state index contributed by atoms with van der Waals surface area (Å²) < 4.78 is 16.7. The van der Waals surface area contributed by atoms with Crippen molar-refractivity contribution >= 4 is 71.2 Å². The normalized spacial score (nSPS) is 16.2. The van der Waals surface area contributed by atoms with E-state index in [0.29, 0.717) is 113 Å². The monoisotopic (exact) mass is 1010 g/mol. The van der Waals surface area contributed by atoms with Crippen LogP contribution in [-0.4, -0.2) is 167 Å². The van der Waals surface area contributed by atoms with E-state index in [1.54, 1.807) is 42.6 Å². The van der Waals surface area contributed by atoms with Gasteiger partial charge in [-0.3, -0.25) is 39.0 Å². The number of benzene rings is 1. The van der Waals surface area contributed by atoms with Gasteiger partial charge in [0.25, 0.3) is 11.8 Å². The minimum atomic E-state index is -0.967. The van der Waals surface area contributed by atoms with Crippen molar-refractivity contribution in [3.05, 3.63) is 59.3 Å². The number of hydrogen-bond acceptors (Lipinski definition) is 16. The van der Waals surface area contributed by atoms with E-state index in [4.69, 9.17) is 25.7 Å². The molecule has 2 aliphatic rings. The van der Waals surface area contributed by atoms with Gasteiger partial charge in [0, 0.05) is 62.0 Å². The Labute approximate surface area is 417 Å². The molecule has 0 spiro atoms. The van der Waals surface area contributed by atoms with Gasteiger partial charge in [-0.25, -0.2) is 9.78 Å². The van der Waals surface area contributed by atoms with E-state index in [2.05, 4.69) is 58.0 Å². The second-order valence-electron chi connectivity index (χ2n) is 16.5. The maximum absolute atomic E-state index is 12.6. The number of urea groups is 1. The molecule has 4 atom stereocenters. The van der Waals surface area contributed by atoms with Gasteiger partial charge in [-0.1, -0.05) is 18.6 Å². The Morgan fingerprint density at radius 2 is 1.35 bits per heavy atom. The molecule has 3 heterocycles. The number of nitrogens with zero attached hydrogens (tertiary/aromatic N) is 2. The lowest BCUT2D eigenvalue weighted by Gasteiger charge is -2.16. The summed E-state index contributed by atoms with van der Waals surface area (Å²) in [5.74, 6) is -1.64. The van der Waals surface area contributed by atoms with Crippen LogP contribution in [0.15, 0.2) is 47.7 Å². The van der Waals surface area contributed by atoms with Crippen LogP contribution in [0.4, 0.5) is 10.6 Å². The molecule has 24 nitrogen and oxygen atoms in total. The third-order valence-corrected chi connectivity index (χ3v) is 12.4. The van der Waals surface area contributed by atoms with E-state index in [1.807, 2.05) is 11.8 Å². The van der Waals surface area contributed by atoms with Gasteiger partial charge in [-0.2, -0.15) is 16.9 Å². The lowest BCUT2D eigenvalue weighted by molar-refractivity contribution is -0.129. The van der Waals surface area contributed by atoms with Crippen LogP contribution in [0.1, 0.15) is 84.1 Å². The Morgan fingerprint density at radius 3 is 2.03 bits per heavy atom. The Morgan fingerprint density at radius 1 is 0.718 bits per heavy atom. The first-order valence-corrected chi connectivity index (χ1v) is 24.9. The van der Waals surface area contributed by atoms with Crippen LogP contribution in [0.2, 0.25) is 0 Å². The molecule has 3 unspecified atom stereocenters. The zero-order valence-electron chi connectivity index (χ0n) is 39.9. The van der Waals surface area contributed by atoms with Crippen molar-refractivity contribution < 1.29 is 52.6 Å². The molecule has 0 saturated carbocycles. The van der Waals surface area contributed by atoms with Crippen molar-refractivity contribution in [3.8, 4) is 0 Å². The van der Waals surface area contributed by atoms with Crippen LogP contribution >= 0.6 is 11.8 Å². The fourth-order valence-electron chi connectivity index (χ4n) is 7.07. The lowest BCUT2D eigenvalue weighted by Crippen LogP contribution is -2.49. The third kappa shape index (κ3) is 23.4. The van der Waals surface area contributed by atoms with Crippen LogP contribution in [0.5, 0.6) is 0 Å². The van der Waals surface area contributed by atoms with Gasteiger partial charge in [0.05, 0.1) is 69.9 Å². The minimum absolute atomic E-state index is 0.0509. The number of carbonyl (C=O) groups excluding carboxylic acids is 8. The first-order valence-electron chi connectivity index (χ1n) is 23.8. The van der Waals surface area contributed by atoms with Crippen LogP contribution in [0, 0.1) is 0 Å². The zero-order chi connectivity index (χ0) is 51.1. The largest absolute Gasteiger partial charge is 0.379 e. The van der Waals surface area contributed by atoms with Crippen molar-refractivity contribution in [1.29, 1.82) is 0 Å². The van der Waals surface area contributed by atoms with E-state index in [-0.39, 0.29) is 55.3 Å². The summed E-state index contributed by atoms with van der Waals surface area (Å²) in [5, 5.41) is 26.2. The molecule has 4 rings (SSSR count). The predicted molar refractivity (Wildman–Crippen MR) is 265 cm³/mol. The number of thioether (sulfide) groups is 1. The predicted octanol–water partition coefficient (Wildman–Crippen LogP) is -1.01. The molecular weight excluding hydrogens is 943 g/mol. The summed E-state index contributed by atoms with van der Waals surface area (Å²) in [5.41, 5.74) is 14.9. The number of anilines is 1. The summed E-state index contributed by atoms with van der Waals surface area (Å²) in [6.07, 6.45) is 8.83. The molecule has 25 heteroatoms. The Bertz CT molecular complexity index is 2050. The average Bonchev–Trinajstić information content (AvgIpc) is 3.93. The fraction of sp³-hybridized carbons (Fsp3) is 0.565. The number of aromatic nitrogens is 1. The minimum Gasteiger partial charge on any atom is -0.379 e. The highest BCUT2D eigenvalue weighted by atomic mass is 32.2. The van der Waals surface area contributed by atoms with Gasteiger partial charge >= 0.3 is 6.03 Å². The fourth-order valence-corrected chi connectivity index (χ4v) is 8.62. The van der Waals surface area contributed by atoms with E-state index in [9.17, 15) is 38.4 Å². The zero-order valence-corrected chi connectivity index (χ0v) is 40.7. The number of nitrogens with one attached hydrogen (secondary N) is 9. The maximum Gasteiger partial charge on any atom is 0.315 e. The number of primary amides is 1. The summed E-state index contributed by atoms with van der Waals surface area (Å²) in [6, 6.07) is 9.38. The molecule has 0 bridgehead atoms. The number of rotatable bonds is 36. The highest BCUT2D eigenvalue weighted by Gasteiger charge is 2.42. The first kappa shape index (κ1) is 57.2. The van der Waals surface area contributed by atoms with Crippen LogP contribution in [0.25, 0.3) is 0 Å². The highest BCUT2D eigenvalue weighted by Crippen LogP contribution is 2.33. The van der Waals surface area contributed by atoms with E-state index < -0.39 is 36.2 Å². The van der Waals surface area contributed by atoms with E-state index in [1.165, 1.54) is 6.20 Å². The van der Waals surface area contributed by atoms with Gasteiger partial charge in [0.15, 0.2) is 0 Å². The molecule has 1 aromatic carbocycles. The summed E-state index contributed by atoms with van der Waals surface area (Å²) in [4.78, 5) is 99.9. The molecular formula is C46H69N13O11S. The standard InChI is InChI=1S/C46H69N13O11S/c47-25-39(61)53-28-40(62)54-29-41(63)56-34(43(48)64)7-3-4-16-50-44(65)32-12-10-31(11-13-32)26-55-59-37-15-14-33(27-52-37)45(66)51-18-6-20-69-22-24-70-23-21-68-19-5-17-49-38(60)9-2-1-8-36-42-35(30-71-36)57-46(67)58-42/h10-15,26-27,34-36,42H,1-9,16-25,28-30,47H2,(H2,48,64)(H,49,60)(H,50,65)(H,51,66)(H,52,59)(H,53,61)(H,54,62)(H,56,63)(H2,57,58,67)/b55-26+/t34-,35?,36?,42?/m0/s1. The highest BCUT2D eigenvalue weighted by molar-refractivity contribution is 8.00. The van der Waals surface area contributed by atoms with Crippen LogP contribution in [-0.2, 0) is 38.2 Å². The summed E-state index contributed by atoms with van der Waals surface area (Å²) in [6.45, 7) is 3.00. The molecule has 390 valence electrons. The third-order valence-electron chi connectivity index (χ3n) is 10.9. The number of fused-ring (bicyclic) bond motifs is 1. The quantitative estimate of drug-likeness (QED) is 0.0169. The number of hydrogen-bond donors (Lipinski definition) is 11. The molecule has 0 radical (unpaired) electrons.